The first-order valence-corrected chi connectivity index (χ1v) is 4.33. The first-order valence-electron chi connectivity index (χ1n) is 4.33. The minimum atomic E-state index is -0.519. The van der Waals surface area contributed by atoms with Crippen LogP contribution >= 0.6 is 0 Å². The normalized spacial score (nSPS) is 10.1. The second-order valence-corrected chi connectivity index (χ2v) is 2.98. The summed E-state index contributed by atoms with van der Waals surface area (Å²) in [6.07, 6.45) is 2.78. The average Bonchev–Trinajstić information content (AvgIpc) is 2.68. The molecule has 0 aliphatic carbocycles. The van der Waals surface area contributed by atoms with Crippen molar-refractivity contribution in [1.82, 2.24) is 9.55 Å². The number of hydrogen-bond acceptors (Lipinski definition) is 3. The van der Waals surface area contributed by atoms with Crippen LogP contribution in [0.2, 0.25) is 0 Å². The van der Waals surface area contributed by atoms with Crippen molar-refractivity contribution >= 4 is 5.82 Å². The van der Waals surface area contributed by atoms with Gasteiger partial charge in [0.1, 0.15) is 6.20 Å². The molecule has 75 valence electrons. The van der Waals surface area contributed by atoms with E-state index in [1.807, 2.05) is 30.3 Å². The van der Waals surface area contributed by atoms with Gasteiger partial charge in [0.15, 0.2) is 0 Å². The summed E-state index contributed by atoms with van der Waals surface area (Å²) in [5.41, 5.74) is 0.963. The summed E-state index contributed by atoms with van der Waals surface area (Å²) < 4.78 is 1.56. The highest BCUT2D eigenvalue weighted by molar-refractivity contribution is 5.25. The van der Waals surface area contributed by atoms with Gasteiger partial charge in [0.2, 0.25) is 6.33 Å². The van der Waals surface area contributed by atoms with Crippen LogP contribution in [0.1, 0.15) is 5.56 Å². The van der Waals surface area contributed by atoms with Crippen LogP contribution in [0.25, 0.3) is 0 Å². The largest absolute Gasteiger partial charge is 0.381 e. The molecule has 5 heteroatoms. The molecule has 1 heterocycles. The standard InChI is InChI=1S/C10H8N3O2/c14-13(15)10-7-12(8-11-10)6-9-4-2-1-3-5-9/h1-8H. The molecule has 2 aromatic rings. The summed E-state index contributed by atoms with van der Waals surface area (Å²) >= 11 is 0. The maximum Gasteiger partial charge on any atom is 0.381 e. The van der Waals surface area contributed by atoms with Gasteiger partial charge >= 0.3 is 5.82 Å². The number of aromatic nitrogens is 2. The van der Waals surface area contributed by atoms with Gasteiger partial charge in [-0.2, -0.15) is 0 Å². The first kappa shape index (κ1) is 9.39. The zero-order chi connectivity index (χ0) is 10.7. The summed E-state index contributed by atoms with van der Waals surface area (Å²) in [6.45, 7) is 1.76. The second-order valence-electron chi connectivity index (χ2n) is 2.98. The highest BCUT2D eigenvalue weighted by Crippen LogP contribution is 2.09. The Hall–Kier alpha value is -2.17. The maximum absolute atomic E-state index is 10.4. The molecule has 0 saturated heterocycles. The lowest BCUT2D eigenvalue weighted by Crippen LogP contribution is -1.92. The quantitative estimate of drug-likeness (QED) is 0.563. The van der Waals surface area contributed by atoms with E-state index in [2.05, 4.69) is 4.98 Å². The molecule has 0 N–H and O–H groups in total. The molecular weight excluding hydrogens is 194 g/mol. The first-order chi connectivity index (χ1) is 7.25. The zero-order valence-corrected chi connectivity index (χ0v) is 7.78. The molecule has 0 unspecified atom stereocenters. The van der Waals surface area contributed by atoms with Crippen molar-refractivity contribution in [1.29, 1.82) is 0 Å². The van der Waals surface area contributed by atoms with Gasteiger partial charge < -0.3 is 14.7 Å². The molecule has 0 saturated carbocycles. The lowest BCUT2D eigenvalue weighted by Gasteiger charge is -1.98. The lowest BCUT2D eigenvalue weighted by molar-refractivity contribution is -0.389. The van der Waals surface area contributed by atoms with Gasteiger partial charge in [-0.1, -0.05) is 30.3 Å². The second kappa shape index (κ2) is 3.91. The number of nitro groups is 1. The average molecular weight is 202 g/mol. The predicted octanol–water partition coefficient (Wildman–Crippen LogP) is 1.85. The molecule has 1 radical (unpaired) electrons. The van der Waals surface area contributed by atoms with Crippen LogP contribution in [-0.4, -0.2) is 14.5 Å². The molecule has 0 aliphatic heterocycles. The van der Waals surface area contributed by atoms with Crippen LogP contribution in [0.3, 0.4) is 0 Å². The van der Waals surface area contributed by atoms with Crippen LogP contribution in [0.5, 0.6) is 0 Å². The fourth-order valence-corrected chi connectivity index (χ4v) is 1.20. The topological polar surface area (TPSA) is 61.0 Å². The molecule has 0 aliphatic rings. The van der Waals surface area contributed by atoms with E-state index in [0.29, 0.717) is 0 Å². The van der Waals surface area contributed by atoms with Gasteiger partial charge in [-0.25, -0.2) is 0 Å². The monoisotopic (exact) mass is 202 g/mol. The molecule has 0 spiro atoms. The molecule has 0 atom stereocenters. The summed E-state index contributed by atoms with van der Waals surface area (Å²) in [7, 11) is 0. The Morgan fingerprint density at radius 2 is 2.07 bits per heavy atom. The Balaban J connectivity index is 2.15. The van der Waals surface area contributed by atoms with Gasteiger partial charge in [-0.3, -0.25) is 0 Å². The van der Waals surface area contributed by atoms with Crippen LogP contribution in [-0.2, 0) is 0 Å². The molecular formula is C10H8N3O2. The lowest BCUT2D eigenvalue weighted by atomic mass is 10.2. The van der Waals surface area contributed by atoms with Crippen LogP contribution in [0, 0.1) is 16.7 Å². The molecule has 0 amide bonds. The van der Waals surface area contributed by atoms with Crippen molar-refractivity contribution in [3.8, 4) is 0 Å². The third-order valence-electron chi connectivity index (χ3n) is 1.87. The smallest absolute Gasteiger partial charge is 0.358 e. The Kier molecular flexibility index (Phi) is 2.45. The molecule has 0 bridgehead atoms. The van der Waals surface area contributed by atoms with E-state index in [1.165, 1.54) is 12.5 Å². The third kappa shape index (κ3) is 2.19. The minimum absolute atomic E-state index is 0.151. The molecule has 1 aromatic heterocycles. The highest BCUT2D eigenvalue weighted by atomic mass is 16.6. The van der Waals surface area contributed by atoms with Crippen molar-refractivity contribution in [2.45, 2.75) is 0 Å². The molecule has 2 rings (SSSR count). The highest BCUT2D eigenvalue weighted by Gasteiger charge is 2.09. The molecule has 0 fully saturated rings. The van der Waals surface area contributed by atoms with Crippen LogP contribution in [0.4, 0.5) is 5.82 Å². The number of imidazole rings is 1. The fourth-order valence-electron chi connectivity index (χ4n) is 1.20. The van der Waals surface area contributed by atoms with Gasteiger partial charge in [-0.15, -0.1) is 0 Å². The van der Waals surface area contributed by atoms with Crippen molar-refractivity contribution < 1.29 is 4.92 Å². The van der Waals surface area contributed by atoms with Crippen molar-refractivity contribution in [2.24, 2.45) is 0 Å². The van der Waals surface area contributed by atoms with Crippen molar-refractivity contribution in [3.63, 3.8) is 0 Å². The number of hydrogen-bond donors (Lipinski definition) is 0. The van der Waals surface area contributed by atoms with E-state index in [0.717, 1.165) is 5.56 Å². The van der Waals surface area contributed by atoms with Gasteiger partial charge in [0.25, 0.3) is 0 Å². The maximum atomic E-state index is 10.4. The molecule has 1 aromatic carbocycles. The van der Waals surface area contributed by atoms with Crippen molar-refractivity contribution in [2.75, 3.05) is 0 Å². The third-order valence-corrected chi connectivity index (χ3v) is 1.87. The Morgan fingerprint density at radius 3 is 2.67 bits per heavy atom. The fraction of sp³-hybridized carbons (Fsp3) is 0. The number of rotatable bonds is 3. The Labute approximate surface area is 86.1 Å². The summed E-state index contributed by atoms with van der Waals surface area (Å²) in [5, 5.41) is 10.4. The zero-order valence-electron chi connectivity index (χ0n) is 7.78. The number of nitrogens with zero attached hydrogens (tertiary/aromatic N) is 3. The van der Waals surface area contributed by atoms with E-state index >= 15 is 0 Å². The van der Waals surface area contributed by atoms with E-state index < -0.39 is 4.92 Å². The van der Waals surface area contributed by atoms with Gasteiger partial charge in [0, 0.05) is 0 Å². The Bertz CT molecular complexity index is 465. The molecule has 5 nitrogen and oxygen atoms in total. The van der Waals surface area contributed by atoms with Crippen LogP contribution < -0.4 is 0 Å². The van der Waals surface area contributed by atoms with E-state index in [9.17, 15) is 10.1 Å². The van der Waals surface area contributed by atoms with Gasteiger partial charge in [-0.05, 0) is 15.5 Å². The SMILES string of the molecule is O=[N+]([O-])c1cn([CH]c2ccccc2)cn1. The van der Waals surface area contributed by atoms with E-state index in [1.54, 1.807) is 11.1 Å². The van der Waals surface area contributed by atoms with Crippen molar-refractivity contribution in [3.05, 3.63) is 65.1 Å². The van der Waals surface area contributed by atoms with Crippen LogP contribution in [0.15, 0.2) is 42.9 Å². The van der Waals surface area contributed by atoms with E-state index in [-0.39, 0.29) is 5.82 Å². The minimum Gasteiger partial charge on any atom is -0.358 e. The summed E-state index contributed by atoms with van der Waals surface area (Å²) in [4.78, 5) is 13.5. The summed E-state index contributed by atoms with van der Waals surface area (Å²) in [6, 6.07) is 9.53. The summed E-state index contributed by atoms with van der Waals surface area (Å²) in [5.74, 6) is -0.151. The molecule has 15 heavy (non-hydrogen) atoms. The van der Waals surface area contributed by atoms with E-state index in [4.69, 9.17) is 0 Å². The Morgan fingerprint density at radius 1 is 1.33 bits per heavy atom. The predicted molar refractivity (Wildman–Crippen MR) is 54.1 cm³/mol. The van der Waals surface area contributed by atoms with Gasteiger partial charge in [0.05, 0.1) is 6.54 Å². The number of benzene rings is 1.